The van der Waals surface area contributed by atoms with Gasteiger partial charge in [0.1, 0.15) is 6.61 Å². The van der Waals surface area contributed by atoms with Gasteiger partial charge in [0.25, 0.3) is 0 Å². The molecule has 0 aliphatic carbocycles. The third-order valence-electron chi connectivity index (χ3n) is 12.9. The first-order valence-electron chi connectivity index (χ1n) is 29.8. The van der Waals surface area contributed by atoms with E-state index in [1.807, 2.05) is 0 Å². The molecule has 0 radical (unpaired) electrons. The Labute approximate surface area is 434 Å². The number of ether oxygens (including phenoxy) is 2. The molecule has 0 fully saturated rings. The monoisotopic (exact) mass is 973 g/mol. The third-order valence-corrected chi connectivity index (χ3v) is 12.9. The average Bonchev–Trinajstić information content (AvgIpc) is 3.36. The highest BCUT2D eigenvalue weighted by atomic mass is 16.6. The molecule has 70 heavy (non-hydrogen) atoms. The average molecular weight is 974 g/mol. The summed E-state index contributed by atoms with van der Waals surface area (Å²) in [6, 6.07) is 0. The topological polar surface area (TPSA) is 72.8 Å². The fourth-order valence-electron chi connectivity index (χ4n) is 8.42. The van der Waals surface area contributed by atoms with Gasteiger partial charge in [-0.05, 0) is 89.9 Å². The van der Waals surface area contributed by atoms with Gasteiger partial charge < -0.3 is 14.6 Å². The van der Waals surface area contributed by atoms with E-state index < -0.39 is 6.10 Å². The highest BCUT2D eigenvalue weighted by Crippen LogP contribution is 2.17. The van der Waals surface area contributed by atoms with Gasteiger partial charge in [0, 0.05) is 12.8 Å². The quantitative estimate of drug-likeness (QED) is 0.0373. The summed E-state index contributed by atoms with van der Waals surface area (Å²) in [5.74, 6) is -0.656. The van der Waals surface area contributed by atoms with Crippen molar-refractivity contribution >= 4 is 11.9 Å². The minimum Gasteiger partial charge on any atom is -0.462 e. The summed E-state index contributed by atoms with van der Waals surface area (Å²) in [6.45, 7) is 4.00. The van der Waals surface area contributed by atoms with E-state index in [-0.39, 0.29) is 31.6 Å². The molecule has 0 rings (SSSR count). The Morgan fingerprint density at radius 1 is 0.343 bits per heavy atom. The van der Waals surface area contributed by atoms with Crippen LogP contribution in [0.3, 0.4) is 0 Å². The highest BCUT2D eigenvalue weighted by Gasteiger charge is 2.16. The van der Waals surface area contributed by atoms with Crippen LogP contribution < -0.4 is 0 Å². The van der Waals surface area contributed by atoms with Crippen molar-refractivity contribution in [1.82, 2.24) is 0 Å². The van der Waals surface area contributed by atoms with Gasteiger partial charge in [-0.3, -0.25) is 9.59 Å². The number of rotatable bonds is 54. The molecule has 1 N–H and O–H groups in total. The lowest BCUT2D eigenvalue weighted by molar-refractivity contribution is -0.161. The molecule has 0 amide bonds. The number of hydrogen-bond donors (Lipinski definition) is 1. The molecule has 0 aliphatic rings. The number of allylic oxidation sites excluding steroid dienone is 16. The molecular formula is C65H112O5. The van der Waals surface area contributed by atoms with E-state index in [2.05, 4.69) is 111 Å². The standard InChI is InChI=1S/C65H112O5/c1-3-5-7-9-11-13-15-17-19-21-23-25-27-28-29-30-31-32-33-34-35-36-38-39-41-43-45-47-49-51-53-55-57-59-64(67)69-62-63(61-66)70-65(68)60-58-56-54-52-50-48-46-44-42-40-37-26-24-22-20-18-16-14-12-10-8-6-4-2/h6,8,12,14,18,20-21,23-24,26,40,42,46,48,52,54,63,66H,3-5,7,9-11,13,15-17,19,22,25,27-39,41,43-45,47,49-51,53,55-62H2,1-2H3/b8-6-,14-12-,20-18-,23-21-,26-24-,42-40-,48-46-,54-52-. The van der Waals surface area contributed by atoms with Crippen molar-refractivity contribution in [3.05, 3.63) is 97.2 Å². The van der Waals surface area contributed by atoms with Crippen LogP contribution in [0.4, 0.5) is 0 Å². The van der Waals surface area contributed by atoms with Crippen LogP contribution in [0.25, 0.3) is 0 Å². The zero-order valence-corrected chi connectivity index (χ0v) is 46.0. The lowest BCUT2D eigenvalue weighted by Crippen LogP contribution is -2.28. The maximum absolute atomic E-state index is 12.3. The van der Waals surface area contributed by atoms with E-state index in [0.29, 0.717) is 12.8 Å². The molecule has 0 spiro atoms. The molecular weight excluding hydrogens is 861 g/mol. The molecule has 0 heterocycles. The van der Waals surface area contributed by atoms with E-state index >= 15 is 0 Å². The van der Waals surface area contributed by atoms with Crippen LogP contribution in [0.15, 0.2) is 97.2 Å². The Hall–Kier alpha value is -3.18. The molecule has 1 atom stereocenters. The number of carbonyl (C=O) groups excluding carboxylic acids is 2. The van der Waals surface area contributed by atoms with Crippen molar-refractivity contribution in [2.45, 2.75) is 290 Å². The maximum atomic E-state index is 12.3. The maximum Gasteiger partial charge on any atom is 0.306 e. The lowest BCUT2D eigenvalue weighted by Gasteiger charge is -2.15. The Morgan fingerprint density at radius 2 is 0.629 bits per heavy atom. The van der Waals surface area contributed by atoms with Gasteiger partial charge in [0.2, 0.25) is 0 Å². The van der Waals surface area contributed by atoms with E-state index in [1.54, 1.807) is 0 Å². The largest absolute Gasteiger partial charge is 0.462 e. The Balaban J connectivity index is 3.52. The zero-order chi connectivity index (χ0) is 50.6. The predicted octanol–water partition coefficient (Wildman–Crippen LogP) is 20.3. The van der Waals surface area contributed by atoms with Crippen LogP contribution in [-0.2, 0) is 19.1 Å². The summed E-state index contributed by atoms with van der Waals surface area (Å²) in [6.07, 6.45) is 85.5. The fourth-order valence-corrected chi connectivity index (χ4v) is 8.42. The first-order chi connectivity index (χ1) is 34.6. The number of hydrogen-bond acceptors (Lipinski definition) is 5. The summed E-state index contributed by atoms with van der Waals surface area (Å²) >= 11 is 0. The van der Waals surface area contributed by atoms with Crippen LogP contribution in [0, 0.1) is 0 Å². The number of carbonyl (C=O) groups is 2. The molecule has 0 aliphatic heterocycles. The smallest absolute Gasteiger partial charge is 0.306 e. The van der Waals surface area contributed by atoms with E-state index in [4.69, 9.17) is 9.47 Å². The van der Waals surface area contributed by atoms with E-state index in [1.165, 1.54) is 180 Å². The van der Waals surface area contributed by atoms with Crippen LogP contribution in [0.1, 0.15) is 284 Å². The summed E-state index contributed by atoms with van der Waals surface area (Å²) in [5, 5.41) is 9.65. The molecule has 402 valence electrons. The van der Waals surface area contributed by atoms with Crippen molar-refractivity contribution in [2.75, 3.05) is 13.2 Å². The molecule has 0 saturated heterocycles. The summed E-state index contributed by atoms with van der Waals surface area (Å²) in [7, 11) is 0. The van der Waals surface area contributed by atoms with Crippen LogP contribution in [0.5, 0.6) is 0 Å². The second-order valence-electron chi connectivity index (χ2n) is 19.7. The molecule has 5 nitrogen and oxygen atoms in total. The molecule has 1 unspecified atom stereocenters. The molecule has 0 bridgehead atoms. The van der Waals surface area contributed by atoms with Crippen molar-refractivity contribution < 1.29 is 24.2 Å². The number of unbranched alkanes of at least 4 members (excludes halogenated alkanes) is 30. The summed E-state index contributed by atoms with van der Waals surface area (Å²) < 4.78 is 10.7. The first-order valence-corrected chi connectivity index (χ1v) is 29.8. The van der Waals surface area contributed by atoms with Gasteiger partial charge in [-0.15, -0.1) is 0 Å². The lowest BCUT2D eigenvalue weighted by atomic mass is 10.0. The Morgan fingerprint density at radius 3 is 0.986 bits per heavy atom. The Kier molecular flexibility index (Phi) is 57.4. The third kappa shape index (κ3) is 57.4. The second-order valence-corrected chi connectivity index (χ2v) is 19.7. The van der Waals surface area contributed by atoms with Gasteiger partial charge in [-0.25, -0.2) is 0 Å². The fraction of sp³-hybridized carbons (Fsp3) is 0.723. The SMILES string of the molecule is CC/C=C\C/C=C\C/C=C\C/C=C\C/C=C\C/C=C\C/C=C\CCCC(=O)OC(CO)COC(=O)CCCCCCCCCCCCCCCCCCCCCCC/C=C\CCCCCCCCCC. The number of esters is 2. The van der Waals surface area contributed by atoms with Crippen LogP contribution >= 0.6 is 0 Å². The van der Waals surface area contributed by atoms with Gasteiger partial charge in [-0.2, -0.15) is 0 Å². The normalized spacial score (nSPS) is 12.9. The van der Waals surface area contributed by atoms with Gasteiger partial charge in [-0.1, -0.05) is 278 Å². The van der Waals surface area contributed by atoms with Crippen molar-refractivity contribution in [2.24, 2.45) is 0 Å². The van der Waals surface area contributed by atoms with Crippen LogP contribution in [-0.4, -0.2) is 36.4 Å². The first kappa shape index (κ1) is 66.8. The second kappa shape index (κ2) is 60.1. The minimum atomic E-state index is -0.808. The van der Waals surface area contributed by atoms with Crippen molar-refractivity contribution in [3.8, 4) is 0 Å². The zero-order valence-electron chi connectivity index (χ0n) is 46.0. The van der Waals surface area contributed by atoms with Crippen LogP contribution in [0.2, 0.25) is 0 Å². The summed E-state index contributed by atoms with van der Waals surface area (Å²) in [4.78, 5) is 24.5. The Bertz CT molecular complexity index is 1330. The molecule has 5 heteroatoms. The predicted molar refractivity (Wildman–Crippen MR) is 306 cm³/mol. The number of aliphatic hydroxyl groups excluding tert-OH is 1. The van der Waals surface area contributed by atoms with Gasteiger partial charge in [0.05, 0.1) is 6.61 Å². The summed E-state index contributed by atoms with van der Waals surface area (Å²) in [5.41, 5.74) is 0. The van der Waals surface area contributed by atoms with Gasteiger partial charge >= 0.3 is 11.9 Å². The highest BCUT2D eigenvalue weighted by molar-refractivity contribution is 5.70. The molecule has 0 aromatic heterocycles. The van der Waals surface area contributed by atoms with Gasteiger partial charge in [0.15, 0.2) is 6.10 Å². The molecule has 0 aromatic carbocycles. The van der Waals surface area contributed by atoms with E-state index in [9.17, 15) is 14.7 Å². The van der Waals surface area contributed by atoms with E-state index in [0.717, 1.165) is 70.6 Å². The number of aliphatic hydroxyl groups is 1. The van der Waals surface area contributed by atoms with Crippen molar-refractivity contribution in [1.29, 1.82) is 0 Å². The minimum absolute atomic E-state index is 0.0920. The molecule has 0 aromatic rings. The van der Waals surface area contributed by atoms with Crippen molar-refractivity contribution in [3.63, 3.8) is 0 Å². The molecule has 0 saturated carbocycles.